The number of allylic oxidation sites excluding steroid dienone is 4. The van der Waals surface area contributed by atoms with Crippen LogP contribution in [0.1, 0.15) is 72.1 Å². The molecule has 0 heterocycles. The van der Waals surface area contributed by atoms with Crippen molar-refractivity contribution < 1.29 is 0 Å². The molecule has 3 aliphatic rings. The molecule has 0 aliphatic heterocycles. The third-order valence-corrected chi connectivity index (χ3v) is 6.41. The predicted octanol–water partition coefficient (Wildman–Crippen LogP) is 5.55. The maximum absolute atomic E-state index is 4.20. The molecule has 0 aromatic carbocycles. The second-order valence-electron chi connectivity index (χ2n) is 8.35. The molecule has 3 rings (SSSR count). The van der Waals surface area contributed by atoms with Gasteiger partial charge in [-0.25, -0.2) is 0 Å². The average Bonchev–Trinajstić information content (AvgIpc) is 2.97. The Bertz CT molecular complexity index is 504. The first kappa shape index (κ1) is 16.1. The van der Waals surface area contributed by atoms with E-state index in [9.17, 15) is 0 Å². The Balaban J connectivity index is 1.70. The summed E-state index contributed by atoms with van der Waals surface area (Å²) in [5.74, 6) is 0.713. The van der Waals surface area contributed by atoms with E-state index in [0.29, 0.717) is 11.3 Å². The molecule has 2 atom stereocenters. The minimum absolute atomic E-state index is 0.414. The van der Waals surface area contributed by atoms with Gasteiger partial charge >= 0.3 is 0 Å². The number of hydrogen-bond acceptors (Lipinski definition) is 1. The van der Waals surface area contributed by atoms with Crippen LogP contribution in [-0.2, 0) is 0 Å². The molecular weight excluding hydrogens is 266 g/mol. The summed E-state index contributed by atoms with van der Waals surface area (Å²) in [6.45, 7) is 12.4. The Labute approximate surface area is 137 Å². The molecule has 3 aliphatic carbocycles. The third-order valence-electron chi connectivity index (χ3n) is 6.41. The lowest BCUT2D eigenvalue weighted by Crippen LogP contribution is -2.34. The maximum atomic E-state index is 4.20. The van der Waals surface area contributed by atoms with Crippen LogP contribution in [0.2, 0.25) is 0 Å². The molecule has 0 bridgehead atoms. The Morgan fingerprint density at radius 3 is 2.73 bits per heavy atom. The summed E-state index contributed by atoms with van der Waals surface area (Å²) in [5.41, 5.74) is 6.68. The van der Waals surface area contributed by atoms with Gasteiger partial charge in [0.05, 0.1) is 0 Å². The molecule has 122 valence electrons. The first-order valence-corrected chi connectivity index (χ1v) is 9.26. The molecular formula is C21H33N. The average molecular weight is 300 g/mol. The molecule has 0 spiro atoms. The van der Waals surface area contributed by atoms with Gasteiger partial charge in [-0.15, -0.1) is 0 Å². The van der Waals surface area contributed by atoms with Gasteiger partial charge in [0.25, 0.3) is 0 Å². The second kappa shape index (κ2) is 6.35. The van der Waals surface area contributed by atoms with E-state index >= 15 is 0 Å². The zero-order valence-electron chi connectivity index (χ0n) is 14.8. The van der Waals surface area contributed by atoms with Gasteiger partial charge in [-0.05, 0) is 63.7 Å². The maximum Gasteiger partial charge on any atom is 0.0170 e. The van der Waals surface area contributed by atoms with Crippen molar-refractivity contribution in [3.8, 4) is 0 Å². The molecule has 0 radical (unpaired) electrons. The lowest BCUT2D eigenvalue weighted by Gasteiger charge is -2.44. The van der Waals surface area contributed by atoms with E-state index in [-0.39, 0.29) is 0 Å². The van der Waals surface area contributed by atoms with Gasteiger partial charge in [-0.3, -0.25) is 0 Å². The minimum atomic E-state index is 0.414. The van der Waals surface area contributed by atoms with Gasteiger partial charge in [-0.2, -0.15) is 0 Å². The lowest BCUT2D eigenvalue weighted by atomic mass is 9.61. The van der Waals surface area contributed by atoms with E-state index < -0.39 is 0 Å². The van der Waals surface area contributed by atoms with E-state index in [1.54, 1.807) is 16.7 Å². The van der Waals surface area contributed by atoms with Gasteiger partial charge < -0.3 is 5.32 Å². The standard InChI is InChI=1S/C21H33N/c1-15(2)18-9-10-21(4)13-17(11-16(3)20(21)12-18)14-22-19-7-5-6-8-19/h11,18-19,22H,1,5-10,12-14H2,2-4H3/t18-,21+/m1/s1. The van der Waals surface area contributed by atoms with E-state index in [1.807, 2.05) is 0 Å². The highest BCUT2D eigenvalue weighted by Gasteiger charge is 2.38. The van der Waals surface area contributed by atoms with Crippen molar-refractivity contribution in [2.24, 2.45) is 11.3 Å². The summed E-state index contributed by atoms with van der Waals surface area (Å²) in [6, 6.07) is 0.776. The smallest absolute Gasteiger partial charge is 0.0170 e. The van der Waals surface area contributed by atoms with Crippen molar-refractivity contribution >= 4 is 0 Å². The summed E-state index contributed by atoms with van der Waals surface area (Å²) in [6.07, 6.45) is 13.2. The van der Waals surface area contributed by atoms with Crippen LogP contribution in [0.25, 0.3) is 0 Å². The summed E-state index contributed by atoms with van der Waals surface area (Å²) in [4.78, 5) is 0. The molecule has 0 amide bonds. The summed E-state index contributed by atoms with van der Waals surface area (Å²) in [5, 5.41) is 3.81. The Kier molecular flexibility index (Phi) is 4.64. The fourth-order valence-electron chi connectivity index (χ4n) is 4.96. The highest BCUT2D eigenvalue weighted by molar-refractivity contribution is 5.39. The number of hydrogen-bond donors (Lipinski definition) is 1. The van der Waals surface area contributed by atoms with Crippen LogP contribution in [0.15, 0.2) is 34.9 Å². The second-order valence-corrected chi connectivity index (χ2v) is 8.35. The molecule has 1 heteroatoms. The highest BCUT2D eigenvalue weighted by Crippen LogP contribution is 2.51. The molecule has 1 nitrogen and oxygen atoms in total. The van der Waals surface area contributed by atoms with E-state index in [0.717, 1.165) is 12.6 Å². The van der Waals surface area contributed by atoms with E-state index in [2.05, 4.69) is 38.7 Å². The van der Waals surface area contributed by atoms with Crippen LogP contribution in [0.4, 0.5) is 0 Å². The van der Waals surface area contributed by atoms with E-state index in [1.165, 1.54) is 56.9 Å². The van der Waals surface area contributed by atoms with Crippen molar-refractivity contribution in [3.05, 3.63) is 34.9 Å². The fourth-order valence-corrected chi connectivity index (χ4v) is 4.96. The molecule has 0 aromatic heterocycles. The minimum Gasteiger partial charge on any atom is -0.310 e. The van der Waals surface area contributed by atoms with Crippen molar-refractivity contribution in [3.63, 3.8) is 0 Å². The topological polar surface area (TPSA) is 12.0 Å². The quantitative estimate of drug-likeness (QED) is 0.671. The van der Waals surface area contributed by atoms with Crippen molar-refractivity contribution in [1.29, 1.82) is 0 Å². The summed E-state index contributed by atoms with van der Waals surface area (Å²) in [7, 11) is 0. The normalized spacial score (nSPS) is 32.9. The first-order valence-electron chi connectivity index (χ1n) is 9.26. The zero-order valence-corrected chi connectivity index (χ0v) is 14.8. The van der Waals surface area contributed by atoms with Gasteiger partial charge in [-0.1, -0.05) is 54.7 Å². The van der Waals surface area contributed by atoms with Crippen LogP contribution >= 0.6 is 0 Å². The Morgan fingerprint density at radius 1 is 1.32 bits per heavy atom. The third kappa shape index (κ3) is 3.25. The molecule has 2 saturated carbocycles. The van der Waals surface area contributed by atoms with Crippen molar-refractivity contribution in [1.82, 2.24) is 5.32 Å². The lowest BCUT2D eigenvalue weighted by molar-refractivity contribution is 0.257. The summed E-state index contributed by atoms with van der Waals surface area (Å²) >= 11 is 0. The number of nitrogens with one attached hydrogen (secondary N) is 1. The van der Waals surface area contributed by atoms with Crippen LogP contribution in [0.3, 0.4) is 0 Å². The Hall–Kier alpha value is -0.820. The number of rotatable bonds is 4. The Morgan fingerprint density at radius 2 is 2.05 bits per heavy atom. The largest absolute Gasteiger partial charge is 0.310 e. The van der Waals surface area contributed by atoms with Crippen molar-refractivity contribution in [2.75, 3.05) is 6.54 Å². The van der Waals surface area contributed by atoms with Crippen LogP contribution < -0.4 is 5.32 Å². The van der Waals surface area contributed by atoms with Gasteiger partial charge in [0.1, 0.15) is 0 Å². The molecule has 0 saturated heterocycles. The number of fused-ring (bicyclic) bond motifs is 1. The molecule has 2 fully saturated rings. The SMILES string of the molecule is C=C(C)[C@@H]1CC[C@@]2(C)CC(CNC3CCCC3)=CC(C)=C2C1. The van der Waals surface area contributed by atoms with Crippen LogP contribution in [-0.4, -0.2) is 12.6 Å². The molecule has 1 N–H and O–H groups in total. The molecule has 0 aromatic rings. The predicted molar refractivity (Wildman–Crippen MR) is 95.9 cm³/mol. The zero-order chi connectivity index (χ0) is 15.7. The van der Waals surface area contributed by atoms with E-state index in [4.69, 9.17) is 0 Å². The van der Waals surface area contributed by atoms with Gasteiger partial charge in [0, 0.05) is 12.6 Å². The molecule has 0 unspecified atom stereocenters. The van der Waals surface area contributed by atoms with Crippen LogP contribution in [0, 0.1) is 11.3 Å². The van der Waals surface area contributed by atoms with Crippen LogP contribution in [0.5, 0.6) is 0 Å². The monoisotopic (exact) mass is 299 g/mol. The first-order chi connectivity index (χ1) is 10.5. The van der Waals surface area contributed by atoms with Crippen molar-refractivity contribution in [2.45, 2.75) is 78.2 Å². The molecule has 22 heavy (non-hydrogen) atoms. The van der Waals surface area contributed by atoms with Gasteiger partial charge in [0.15, 0.2) is 0 Å². The fraction of sp³-hybridized carbons (Fsp3) is 0.714. The van der Waals surface area contributed by atoms with Gasteiger partial charge in [0.2, 0.25) is 0 Å². The highest BCUT2D eigenvalue weighted by atomic mass is 14.9. The summed E-state index contributed by atoms with van der Waals surface area (Å²) < 4.78 is 0.